The lowest BCUT2D eigenvalue weighted by molar-refractivity contribution is 0.119. The van der Waals surface area contributed by atoms with Gasteiger partial charge >= 0.3 is 6.16 Å². The molecule has 0 saturated heterocycles. The van der Waals surface area contributed by atoms with Gasteiger partial charge in [-0.2, -0.15) is 0 Å². The summed E-state index contributed by atoms with van der Waals surface area (Å²) in [7, 11) is 1.25. The molecule has 0 amide bonds. The average molecular weight is 232 g/mol. The normalized spacial score (nSPS) is 10.0. The van der Waals surface area contributed by atoms with Crippen molar-refractivity contribution in [3.05, 3.63) is 42.1 Å². The Bertz CT molecular complexity index is 517. The van der Waals surface area contributed by atoms with Gasteiger partial charge in [-0.3, -0.25) is 0 Å². The zero-order valence-corrected chi connectivity index (χ0v) is 9.58. The summed E-state index contributed by atoms with van der Waals surface area (Å²) in [5.41, 5.74) is 2.07. The third-order valence-corrected chi connectivity index (χ3v) is 2.22. The van der Waals surface area contributed by atoms with E-state index < -0.39 is 6.16 Å². The Morgan fingerprint density at radius 2 is 1.94 bits per heavy atom. The summed E-state index contributed by atoms with van der Waals surface area (Å²) in [6.45, 7) is 2.01. The van der Waals surface area contributed by atoms with Crippen molar-refractivity contribution in [3.8, 4) is 11.6 Å². The molecule has 0 unspecified atom stereocenters. The molecule has 1 aromatic carbocycles. The first kappa shape index (κ1) is 11.2. The van der Waals surface area contributed by atoms with Gasteiger partial charge in [-0.25, -0.2) is 9.48 Å². The van der Waals surface area contributed by atoms with E-state index in [-0.39, 0.29) is 5.88 Å². The van der Waals surface area contributed by atoms with Crippen molar-refractivity contribution < 1.29 is 14.3 Å². The fourth-order valence-electron chi connectivity index (χ4n) is 1.33. The van der Waals surface area contributed by atoms with Crippen LogP contribution in [0.5, 0.6) is 5.88 Å². The minimum absolute atomic E-state index is 0.206. The van der Waals surface area contributed by atoms with Crippen LogP contribution in [-0.2, 0) is 4.74 Å². The maximum absolute atomic E-state index is 10.9. The number of hydrogen-bond donors (Lipinski definition) is 0. The predicted octanol–water partition coefficient (Wildman–Crippen LogP) is 2.33. The predicted molar refractivity (Wildman–Crippen MR) is 61.3 cm³/mol. The molecular weight excluding hydrogens is 220 g/mol. The Hall–Kier alpha value is -2.30. The van der Waals surface area contributed by atoms with Gasteiger partial charge in [0.2, 0.25) is 5.88 Å². The van der Waals surface area contributed by atoms with Gasteiger partial charge in [0.25, 0.3) is 0 Å². The van der Waals surface area contributed by atoms with Crippen LogP contribution in [0.3, 0.4) is 0 Å². The van der Waals surface area contributed by atoms with Gasteiger partial charge in [-0.05, 0) is 19.1 Å². The van der Waals surface area contributed by atoms with Gasteiger partial charge in [-0.1, -0.05) is 17.7 Å². The van der Waals surface area contributed by atoms with Gasteiger partial charge in [0, 0.05) is 12.3 Å². The third kappa shape index (κ3) is 2.63. The lowest BCUT2D eigenvalue weighted by Gasteiger charge is -2.01. The molecular formula is C12H12N2O3. The van der Waals surface area contributed by atoms with E-state index in [4.69, 9.17) is 4.74 Å². The molecule has 0 aliphatic heterocycles. The van der Waals surface area contributed by atoms with Gasteiger partial charge < -0.3 is 9.47 Å². The number of aryl methyl sites for hydroxylation is 1. The summed E-state index contributed by atoms with van der Waals surface area (Å²) >= 11 is 0. The highest BCUT2D eigenvalue weighted by atomic mass is 16.7. The molecule has 0 bridgehead atoms. The second kappa shape index (κ2) is 4.69. The fraction of sp³-hybridized carbons (Fsp3) is 0.167. The third-order valence-electron chi connectivity index (χ3n) is 2.22. The smallest absolute Gasteiger partial charge is 0.437 e. The van der Waals surface area contributed by atoms with E-state index in [0.29, 0.717) is 0 Å². The number of hydrogen-bond acceptors (Lipinski definition) is 4. The molecule has 0 spiro atoms. The maximum Gasteiger partial charge on any atom is 0.514 e. The highest BCUT2D eigenvalue weighted by Gasteiger charge is 2.07. The van der Waals surface area contributed by atoms with Crippen LogP contribution in [0.4, 0.5) is 4.79 Å². The second-order valence-corrected chi connectivity index (χ2v) is 3.49. The number of rotatable bonds is 2. The number of nitrogens with zero attached hydrogens (tertiary/aromatic N) is 2. The molecule has 17 heavy (non-hydrogen) atoms. The summed E-state index contributed by atoms with van der Waals surface area (Å²) in [6, 6.07) is 9.43. The van der Waals surface area contributed by atoms with Gasteiger partial charge in [0.1, 0.15) is 0 Å². The molecule has 1 heterocycles. The average Bonchev–Trinajstić information content (AvgIpc) is 2.78. The van der Waals surface area contributed by atoms with Crippen molar-refractivity contribution in [1.82, 2.24) is 9.78 Å². The number of ether oxygens (including phenoxy) is 2. The van der Waals surface area contributed by atoms with Crippen LogP contribution in [0, 0.1) is 6.92 Å². The van der Waals surface area contributed by atoms with Crippen LogP contribution >= 0.6 is 0 Å². The van der Waals surface area contributed by atoms with Crippen LogP contribution in [0.1, 0.15) is 5.56 Å². The van der Waals surface area contributed by atoms with Gasteiger partial charge in [0.15, 0.2) is 0 Å². The van der Waals surface area contributed by atoms with Crippen LogP contribution in [0.25, 0.3) is 5.69 Å². The Morgan fingerprint density at radius 1 is 1.24 bits per heavy atom. The van der Waals surface area contributed by atoms with Gasteiger partial charge in [0.05, 0.1) is 12.8 Å². The first-order valence-corrected chi connectivity index (χ1v) is 5.07. The zero-order valence-electron chi connectivity index (χ0n) is 9.58. The van der Waals surface area contributed by atoms with Crippen molar-refractivity contribution in [3.63, 3.8) is 0 Å². The van der Waals surface area contributed by atoms with Crippen molar-refractivity contribution in [2.45, 2.75) is 6.92 Å². The molecule has 0 atom stereocenters. The topological polar surface area (TPSA) is 53.4 Å². The number of carbonyl (C=O) groups is 1. The quantitative estimate of drug-likeness (QED) is 0.745. The van der Waals surface area contributed by atoms with Crippen LogP contribution in [0.15, 0.2) is 36.5 Å². The number of benzene rings is 1. The molecule has 0 fully saturated rings. The van der Waals surface area contributed by atoms with Crippen molar-refractivity contribution in [2.75, 3.05) is 7.11 Å². The molecule has 5 nitrogen and oxygen atoms in total. The van der Waals surface area contributed by atoms with Crippen molar-refractivity contribution in [1.29, 1.82) is 0 Å². The summed E-state index contributed by atoms with van der Waals surface area (Å²) < 4.78 is 10.8. The van der Waals surface area contributed by atoms with E-state index in [1.54, 1.807) is 16.9 Å². The first-order valence-electron chi connectivity index (χ1n) is 5.07. The minimum Gasteiger partial charge on any atom is -0.437 e. The molecule has 0 radical (unpaired) electrons. The molecule has 2 rings (SSSR count). The van der Waals surface area contributed by atoms with Gasteiger partial charge in [-0.15, -0.1) is 5.10 Å². The molecule has 0 N–H and O–H groups in total. The largest absolute Gasteiger partial charge is 0.514 e. The summed E-state index contributed by atoms with van der Waals surface area (Å²) in [5, 5.41) is 4.09. The number of methoxy groups -OCH3 is 1. The molecule has 2 aromatic rings. The monoisotopic (exact) mass is 232 g/mol. The molecule has 1 aromatic heterocycles. The molecule has 0 aliphatic carbocycles. The standard InChI is InChI=1S/C12H12N2O3/c1-9-3-5-10(6-4-9)14-8-7-11(13-14)17-12(15)16-2/h3-8H,1-2H3. The molecule has 5 heteroatoms. The van der Waals surface area contributed by atoms with Crippen molar-refractivity contribution in [2.24, 2.45) is 0 Å². The van der Waals surface area contributed by atoms with E-state index in [2.05, 4.69) is 9.84 Å². The van der Waals surface area contributed by atoms with Crippen LogP contribution in [0.2, 0.25) is 0 Å². The Labute approximate surface area is 98.6 Å². The van der Waals surface area contributed by atoms with E-state index in [9.17, 15) is 4.79 Å². The summed E-state index contributed by atoms with van der Waals surface area (Å²) in [5.74, 6) is 0.206. The van der Waals surface area contributed by atoms with Crippen LogP contribution < -0.4 is 4.74 Å². The summed E-state index contributed by atoms with van der Waals surface area (Å²) in [6.07, 6.45) is 0.933. The fourth-order valence-corrected chi connectivity index (χ4v) is 1.33. The number of aromatic nitrogens is 2. The van der Waals surface area contributed by atoms with Crippen molar-refractivity contribution >= 4 is 6.16 Å². The van der Waals surface area contributed by atoms with E-state index >= 15 is 0 Å². The second-order valence-electron chi connectivity index (χ2n) is 3.49. The van der Waals surface area contributed by atoms with E-state index in [0.717, 1.165) is 5.69 Å². The highest BCUT2D eigenvalue weighted by Crippen LogP contribution is 2.13. The lowest BCUT2D eigenvalue weighted by Crippen LogP contribution is -2.08. The SMILES string of the molecule is COC(=O)Oc1ccn(-c2ccc(C)cc2)n1. The number of carbonyl (C=O) groups excluding carboxylic acids is 1. The highest BCUT2D eigenvalue weighted by molar-refractivity contribution is 5.62. The Morgan fingerprint density at radius 3 is 2.59 bits per heavy atom. The minimum atomic E-state index is -0.779. The van der Waals surface area contributed by atoms with Crippen LogP contribution in [-0.4, -0.2) is 23.0 Å². The lowest BCUT2D eigenvalue weighted by atomic mass is 10.2. The Balaban J connectivity index is 2.18. The van der Waals surface area contributed by atoms with E-state index in [1.807, 2.05) is 31.2 Å². The van der Waals surface area contributed by atoms with E-state index in [1.165, 1.54) is 12.7 Å². The molecule has 0 aliphatic rings. The Kier molecular flexibility index (Phi) is 3.09. The molecule has 0 saturated carbocycles. The first-order chi connectivity index (χ1) is 8.19. The zero-order chi connectivity index (χ0) is 12.3. The summed E-state index contributed by atoms with van der Waals surface area (Å²) in [4.78, 5) is 10.9. The molecule has 88 valence electrons. The maximum atomic E-state index is 10.9.